The zero-order valence-electron chi connectivity index (χ0n) is 9.93. The molecule has 0 bridgehead atoms. The molecule has 0 aliphatic heterocycles. The maximum Gasteiger partial charge on any atom is 0.412 e. The summed E-state index contributed by atoms with van der Waals surface area (Å²) in [6.07, 6.45) is -0.423. The van der Waals surface area contributed by atoms with Crippen molar-refractivity contribution in [2.75, 3.05) is 5.32 Å². The van der Waals surface area contributed by atoms with Crippen LogP contribution in [0.4, 0.5) is 10.5 Å². The Morgan fingerprint density at radius 2 is 2.00 bits per heavy atom. The number of carbonyl (C=O) groups excluding carboxylic acids is 1. The van der Waals surface area contributed by atoms with Gasteiger partial charge in [-0.05, 0) is 74.0 Å². The van der Waals surface area contributed by atoms with Gasteiger partial charge in [0.05, 0.1) is 0 Å². The summed E-state index contributed by atoms with van der Waals surface area (Å²) in [7, 11) is 0. The molecule has 1 amide bonds. The number of nitrogens with one attached hydrogen (secondary N) is 1. The molecule has 16 heavy (non-hydrogen) atoms. The van der Waals surface area contributed by atoms with E-state index in [1.165, 1.54) is 3.57 Å². The van der Waals surface area contributed by atoms with Crippen LogP contribution in [0.2, 0.25) is 0 Å². The lowest BCUT2D eigenvalue weighted by molar-refractivity contribution is 0.0636. The summed E-state index contributed by atoms with van der Waals surface area (Å²) in [6.45, 7) is 7.52. The van der Waals surface area contributed by atoms with Crippen molar-refractivity contribution in [3.05, 3.63) is 27.3 Å². The van der Waals surface area contributed by atoms with Crippen LogP contribution in [-0.4, -0.2) is 11.7 Å². The Labute approximate surface area is 110 Å². The Morgan fingerprint density at radius 1 is 1.38 bits per heavy atom. The molecule has 0 saturated heterocycles. The zero-order valence-corrected chi connectivity index (χ0v) is 12.1. The van der Waals surface area contributed by atoms with Crippen molar-refractivity contribution in [3.63, 3.8) is 0 Å². The van der Waals surface area contributed by atoms with Crippen molar-refractivity contribution in [1.29, 1.82) is 0 Å². The Balaban J connectivity index is 2.67. The summed E-state index contributed by atoms with van der Waals surface area (Å²) >= 11 is 2.25. The molecule has 1 N–H and O–H groups in total. The summed E-state index contributed by atoms with van der Waals surface area (Å²) in [5.74, 6) is 0. The van der Waals surface area contributed by atoms with Crippen molar-refractivity contribution in [1.82, 2.24) is 0 Å². The number of amides is 1. The molecule has 3 nitrogen and oxygen atoms in total. The second-order valence-corrected chi connectivity index (χ2v) is 5.75. The van der Waals surface area contributed by atoms with Crippen LogP contribution in [-0.2, 0) is 4.74 Å². The number of halogens is 1. The molecule has 1 aromatic carbocycles. The Bertz CT molecular complexity index is 396. The zero-order chi connectivity index (χ0) is 12.3. The van der Waals surface area contributed by atoms with Crippen LogP contribution in [0.15, 0.2) is 18.2 Å². The predicted octanol–water partition coefficient (Wildman–Crippen LogP) is 3.95. The second-order valence-electron chi connectivity index (χ2n) is 4.59. The van der Waals surface area contributed by atoms with Crippen LogP contribution < -0.4 is 5.32 Å². The van der Waals surface area contributed by atoms with Crippen LogP contribution in [0.5, 0.6) is 0 Å². The molecule has 0 aromatic heterocycles. The number of carbonyl (C=O) groups is 1. The standard InChI is InChI=1S/C12H16INO2/c1-8-7-9(5-6-10(8)13)14-11(15)16-12(2,3)4/h5-7H,1-4H3,(H,14,15). The van der Waals surface area contributed by atoms with Crippen LogP contribution in [0.3, 0.4) is 0 Å². The molecular formula is C12H16INO2. The normalized spacial score (nSPS) is 11.1. The third-order valence-electron chi connectivity index (χ3n) is 1.80. The fraction of sp³-hybridized carbons (Fsp3) is 0.417. The maximum absolute atomic E-state index is 11.5. The highest BCUT2D eigenvalue weighted by atomic mass is 127. The molecule has 1 aromatic rings. The third-order valence-corrected chi connectivity index (χ3v) is 3.01. The Morgan fingerprint density at radius 3 is 2.50 bits per heavy atom. The first-order valence-electron chi connectivity index (χ1n) is 5.04. The van der Waals surface area contributed by atoms with Crippen LogP contribution in [0.25, 0.3) is 0 Å². The van der Waals surface area contributed by atoms with Crippen molar-refractivity contribution < 1.29 is 9.53 Å². The SMILES string of the molecule is Cc1cc(NC(=O)OC(C)(C)C)ccc1I. The van der Waals surface area contributed by atoms with Gasteiger partial charge >= 0.3 is 6.09 Å². The minimum absolute atomic E-state index is 0.423. The monoisotopic (exact) mass is 333 g/mol. The number of hydrogen-bond acceptors (Lipinski definition) is 2. The molecule has 0 atom stereocenters. The molecule has 0 heterocycles. The first-order valence-corrected chi connectivity index (χ1v) is 6.12. The van der Waals surface area contributed by atoms with Crippen molar-refractivity contribution in [2.24, 2.45) is 0 Å². The van der Waals surface area contributed by atoms with Gasteiger partial charge in [0.15, 0.2) is 0 Å². The van der Waals surface area contributed by atoms with Gasteiger partial charge in [0.2, 0.25) is 0 Å². The quantitative estimate of drug-likeness (QED) is 0.791. The summed E-state index contributed by atoms with van der Waals surface area (Å²) < 4.78 is 6.33. The van der Waals surface area contributed by atoms with Gasteiger partial charge in [-0.15, -0.1) is 0 Å². The van der Waals surface area contributed by atoms with E-state index in [0.717, 1.165) is 11.3 Å². The van der Waals surface area contributed by atoms with Crippen molar-refractivity contribution in [3.8, 4) is 0 Å². The van der Waals surface area contributed by atoms with Gasteiger partial charge in [-0.1, -0.05) is 0 Å². The van der Waals surface area contributed by atoms with E-state index in [4.69, 9.17) is 4.74 Å². The number of rotatable bonds is 1. The van der Waals surface area contributed by atoms with Crippen LogP contribution >= 0.6 is 22.6 Å². The fourth-order valence-corrected chi connectivity index (χ4v) is 1.48. The second kappa shape index (κ2) is 5.03. The molecule has 88 valence electrons. The van der Waals surface area contributed by atoms with Crippen LogP contribution in [0, 0.1) is 10.5 Å². The third kappa shape index (κ3) is 4.38. The van der Waals surface area contributed by atoms with Gasteiger partial charge < -0.3 is 4.74 Å². The molecule has 4 heteroatoms. The molecule has 0 spiro atoms. The minimum Gasteiger partial charge on any atom is -0.444 e. The van der Waals surface area contributed by atoms with Crippen molar-refractivity contribution >= 4 is 34.4 Å². The van der Waals surface area contributed by atoms with E-state index in [9.17, 15) is 4.79 Å². The van der Waals surface area contributed by atoms with Gasteiger partial charge in [-0.3, -0.25) is 5.32 Å². The van der Waals surface area contributed by atoms with E-state index < -0.39 is 11.7 Å². The van der Waals surface area contributed by atoms with E-state index in [2.05, 4.69) is 27.9 Å². The van der Waals surface area contributed by atoms with Gasteiger partial charge in [0, 0.05) is 9.26 Å². The first kappa shape index (κ1) is 13.3. The summed E-state index contributed by atoms with van der Waals surface area (Å²) in [4.78, 5) is 11.5. The van der Waals surface area contributed by atoms with Crippen molar-refractivity contribution in [2.45, 2.75) is 33.3 Å². The lowest BCUT2D eigenvalue weighted by Crippen LogP contribution is -2.27. The molecular weight excluding hydrogens is 317 g/mol. The number of benzene rings is 1. The smallest absolute Gasteiger partial charge is 0.412 e. The van der Waals surface area contributed by atoms with E-state index >= 15 is 0 Å². The average Bonchev–Trinajstić information content (AvgIpc) is 2.08. The fourth-order valence-electron chi connectivity index (χ4n) is 1.14. The molecule has 1 rings (SSSR count). The minimum atomic E-state index is -0.470. The topological polar surface area (TPSA) is 38.3 Å². The average molecular weight is 333 g/mol. The lowest BCUT2D eigenvalue weighted by atomic mass is 10.2. The largest absolute Gasteiger partial charge is 0.444 e. The molecule has 0 radical (unpaired) electrons. The van der Waals surface area contributed by atoms with E-state index in [1.54, 1.807) is 0 Å². The Hall–Kier alpha value is -0.780. The first-order chi connectivity index (χ1) is 7.28. The molecule has 0 aliphatic rings. The Kier molecular flexibility index (Phi) is 4.18. The maximum atomic E-state index is 11.5. The summed E-state index contributed by atoms with van der Waals surface area (Å²) in [5, 5.41) is 2.70. The predicted molar refractivity (Wildman–Crippen MR) is 73.8 cm³/mol. The van der Waals surface area contributed by atoms with E-state index in [1.807, 2.05) is 45.9 Å². The van der Waals surface area contributed by atoms with E-state index in [-0.39, 0.29) is 0 Å². The highest BCUT2D eigenvalue weighted by Gasteiger charge is 2.16. The molecule has 0 aliphatic carbocycles. The van der Waals surface area contributed by atoms with Gasteiger partial charge in [-0.2, -0.15) is 0 Å². The highest BCUT2D eigenvalue weighted by molar-refractivity contribution is 14.1. The van der Waals surface area contributed by atoms with Crippen LogP contribution in [0.1, 0.15) is 26.3 Å². The van der Waals surface area contributed by atoms with Gasteiger partial charge in [0.1, 0.15) is 5.60 Å². The molecule has 0 unspecified atom stereocenters. The molecule has 0 saturated carbocycles. The van der Waals surface area contributed by atoms with Gasteiger partial charge in [-0.25, -0.2) is 4.79 Å². The van der Waals surface area contributed by atoms with E-state index in [0.29, 0.717) is 0 Å². The lowest BCUT2D eigenvalue weighted by Gasteiger charge is -2.19. The highest BCUT2D eigenvalue weighted by Crippen LogP contribution is 2.17. The van der Waals surface area contributed by atoms with Gasteiger partial charge in [0.25, 0.3) is 0 Å². The number of hydrogen-bond donors (Lipinski definition) is 1. The number of ether oxygens (including phenoxy) is 1. The number of aryl methyl sites for hydroxylation is 1. The number of anilines is 1. The summed E-state index contributed by atoms with van der Waals surface area (Å²) in [5.41, 5.74) is 1.42. The molecule has 0 fully saturated rings. The summed E-state index contributed by atoms with van der Waals surface area (Å²) in [6, 6.07) is 5.74.